The van der Waals surface area contributed by atoms with Crippen molar-refractivity contribution < 1.29 is 9.53 Å². The van der Waals surface area contributed by atoms with Crippen LogP contribution in [0, 0.1) is 23.2 Å². The van der Waals surface area contributed by atoms with Gasteiger partial charge in [-0.25, -0.2) is 0 Å². The number of hydrogen-bond acceptors (Lipinski definition) is 5. The molecule has 1 N–H and O–H groups in total. The van der Waals surface area contributed by atoms with Crippen molar-refractivity contribution >= 4 is 11.6 Å². The molecular weight excluding hydrogens is 328 g/mol. The van der Waals surface area contributed by atoms with Crippen molar-refractivity contribution in [2.24, 2.45) is 11.8 Å². The van der Waals surface area contributed by atoms with Crippen molar-refractivity contribution in [3.8, 4) is 6.07 Å². The Bertz CT molecular complexity index is 645. The highest BCUT2D eigenvalue weighted by Gasteiger charge is 2.34. The number of nitrogens with zero attached hydrogens (tertiary/aromatic N) is 3. The Balaban J connectivity index is 1.72. The smallest absolute Gasteiger partial charge is 0.227 e. The Labute approximate surface area is 155 Å². The molecule has 1 atom stereocenters. The third-order valence-electron chi connectivity index (χ3n) is 5.83. The number of nitrogens with one attached hydrogen (secondary N) is 1. The number of pyridine rings is 1. The second-order valence-corrected chi connectivity index (χ2v) is 7.36. The number of amides is 1. The quantitative estimate of drug-likeness (QED) is 0.848. The molecule has 0 spiro atoms. The maximum absolute atomic E-state index is 13.3. The molecule has 2 fully saturated rings. The van der Waals surface area contributed by atoms with Crippen molar-refractivity contribution in [2.75, 3.05) is 32.1 Å². The first-order chi connectivity index (χ1) is 12.7. The van der Waals surface area contributed by atoms with Crippen LogP contribution in [0.1, 0.15) is 44.1 Å². The SMILES string of the molecule is CN(C(=O)C(CNc1ccncc1C#N)C1CCOCC1)C1CCCC1. The molecule has 2 aliphatic rings. The Hall–Kier alpha value is -2.13. The summed E-state index contributed by atoms with van der Waals surface area (Å²) in [5, 5.41) is 12.6. The fourth-order valence-electron chi connectivity index (χ4n) is 4.16. The average molecular weight is 356 g/mol. The maximum Gasteiger partial charge on any atom is 0.227 e. The molecule has 1 aromatic heterocycles. The Kier molecular flexibility index (Phi) is 6.45. The van der Waals surface area contributed by atoms with Gasteiger partial charge in [-0.05, 0) is 37.7 Å². The van der Waals surface area contributed by atoms with Gasteiger partial charge in [0.1, 0.15) is 6.07 Å². The lowest BCUT2D eigenvalue weighted by Gasteiger charge is -2.35. The topological polar surface area (TPSA) is 78.3 Å². The molecule has 26 heavy (non-hydrogen) atoms. The van der Waals surface area contributed by atoms with E-state index in [2.05, 4.69) is 16.4 Å². The van der Waals surface area contributed by atoms with Crippen molar-refractivity contribution in [1.29, 1.82) is 5.26 Å². The van der Waals surface area contributed by atoms with Gasteiger partial charge in [-0.15, -0.1) is 0 Å². The summed E-state index contributed by atoms with van der Waals surface area (Å²) in [4.78, 5) is 19.2. The van der Waals surface area contributed by atoms with E-state index in [1.165, 1.54) is 12.8 Å². The fourth-order valence-corrected chi connectivity index (χ4v) is 4.16. The molecule has 1 aliphatic carbocycles. The van der Waals surface area contributed by atoms with E-state index in [-0.39, 0.29) is 11.8 Å². The van der Waals surface area contributed by atoms with Gasteiger partial charge in [0.05, 0.1) is 17.2 Å². The van der Waals surface area contributed by atoms with Crippen LogP contribution in [0.25, 0.3) is 0 Å². The lowest BCUT2D eigenvalue weighted by atomic mass is 9.84. The molecule has 140 valence electrons. The molecule has 1 unspecified atom stereocenters. The van der Waals surface area contributed by atoms with E-state index in [0.717, 1.165) is 44.6 Å². The minimum absolute atomic E-state index is 0.0933. The van der Waals surface area contributed by atoms with Crippen LogP contribution in [0.2, 0.25) is 0 Å². The van der Waals surface area contributed by atoms with Gasteiger partial charge in [0.2, 0.25) is 5.91 Å². The van der Waals surface area contributed by atoms with Crippen LogP contribution in [-0.2, 0) is 9.53 Å². The number of rotatable bonds is 6. The molecule has 0 radical (unpaired) electrons. The van der Waals surface area contributed by atoms with E-state index in [9.17, 15) is 10.1 Å². The monoisotopic (exact) mass is 356 g/mol. The van der Waals surface area contributed by atoms with E-state index in [0.29, 0.717) is 24.1 Å². The minimum Gasteiger partial charge on any atom is -0.383 e. The van der Waals surface area contributed by atoms with E-state index in [1.54, 1.807) is 18.5 Å². The second-order valence-electron chi connectivity index (χ2n) is 7.36. The van der Waals surface area contributed by atoms with Crippen molar-refractivity contribution in [2.45, 2.75) is 44.6 Å². The van der Waals surface area contributed by atoms with Crippen molar-refractivity contribution in [1.82, 2.24) is 9.88 Å². The summed E-state index contributed by atoms with van der Waals surface area (Å²) in [5.74, 6) is 0.452. The molecule has 6 nitrogen and oxygen atoms in total. The van der Waals surface area contributed by atoms with Gasteiger partial charge in [-0.1, -0.05) is 12.8 Å². The van der Waals surface area contributed by atoms with Crippen LogP contribution in [0.4, 0.5) is 5.69 Å². The Morgan fingerprint density at radius 1 is 1.38 bits per heavy atom. The molecule has 1 aliphatic heterocycles. The predicted octanol–water partition coefficient (Wildman–Crippen LogP) is 2.81. The standard InChI is InChI=1S/C20H28N4O2/c1-24(17-4-2-3-5-17)20(25)18(15-7-10-26-11-8-15)14-23-19-6-9-22-13-16(19)12-21/h6,9,13,15,17-18H,2-5,7-8,10-11,14H2,1H3,(H,22,23). The van der Waals surface area contributed by atoms with Gasteiger partial charge in [0.25, 0.3) is 0 Å². The highest BCUT2D eigenvalue weighted by molar-refractivity contribution is 5.80. The molecule has 0 bridgehead atoms. The van der Waals surface area contributed by atoms with Crippen LogP contribution in [-0.4, -0.2) is 48.6 Å². The van der Waals surface area contributed by atoms with E-state index in [1.807, 2.05) is 11.9 Å². The van der Waals surface area contributed by atoms with E-state index >= 15 is 0 Å². The minimum atomic E-state index is -0.0933. The van der Waals surface area contributed by atoms with Crippen LogP contribution < -0.4 is 5.32 Å². The number of carbonyl (C=O) groups excluding carboxylic acids is 1. The van der Waals surface area contributed by atoms with Gasteiger partial charge in [0.15, 0.2) is 0 Å². The lowest BCUT2D eigenvalue weighted by Crippen LogP contribution is -2.45. The predicted molar refractivity (Wildman–Crippen MR) is 99.5 cm³/mol. The Morgan fingerprint density at radius 3 is 2.81 bits per heavy atom. The third kappa shape index (κ3) is 4.34. The van der Waals surface area contributed by atoms with Gasteiger partial charge < -0.3 is 15.0 Å². The first-order valence-corrected chi connectivity index (χ1v) is 9.63. The molecule has 2 heterocycles. The maximum atomic E-state index is 13.3. The summed E-state index contributed by atoms with van der Waals surface area (Å²) in [7, 11) is 1.96. The van der Waals surface area contributed by atoms with Gasteiger partial charge in [-0.2, -0.15) is 5.26 Å². The van der Waals surface area contributed by atoms with Crippen molar-refractivity contribution in [3.05, 3.63) is 24.0 Å². The summed E-state index contributed by atoms with van der Waals surface area (Å²) < 4.78 is 5.49. The molecule has 0 aromatic carbocycles. The Morgan fingerprint density at radius 2 is 2.12 bits per heavy atom. The first-order valence-electron chi connectivity index (χ1n) is 9.63. The summed E-state index contributed by atoms with van der Waals surface area (Å²) in [6.45, 7) is 1.99. The second kappa shape index (κ2) is 9.00. The number of hydrogen-bond donors (Lipinski definition) is 1. The summed E-state index contributed by atoms with van der Waals surface area (Å²) in [6.07, 6.45) is 9.70. The van der Waals surface area contributed by atoms with Gasteiger partial charge in [-0.3, -0.25) is 9.78 Å². The number of ether oxygens (including phenoxy) is 1. The molecule has 1 saturated carbocycles. The van der Waals surface area contributed by atoms with E-state index in [4.69, 9.17) is 4.74 Å². The normalized spacial score (nSPS) is 19.7. The zero-order valence-corrected chi connectivity index (χ0v) is 15.5. The van der Waals surface area contributed by atoms with Gasteiger partial charge >= 0.3 is 0 Å². The van der Waals surface area contributed by atoms with Crippen LogP contribution in [0.15, 0.2) is 18.5 Å². The van der Waals surface area contributed by atoms with Crippen molar-refractivity contribution in [3.63, 3.8) is 0 Å². The van der Waals surface area contributed by atoms with Gasteiger partial charge in [0, 0.05) is 45.2 Å². The van der Waals surface area contributed by atoms with Crippen LogP contribution >= 0.6 is 0 Å². The molecular formula is C20H28N4O2. The molecule has 1 aromatic rings. The largest absolute Gasteiger partial charge is 0.383 e. The van der Waals surface area contributed by atoms with Crippen LogP contribution in [0.5, 0.6) is 0 Å². The third-order valence-corrected chi connectivity index (χ3v) is 5.83. The number of anilines is 1. The fraction of sp³-hybridized carbons (Fsp3) is 0.650. The number of aromatic nitrogens is 1. The first kappa shape index (κ1) is 18.7. The van der Waals surface area contributed by atoms with Crippen LogP contribution in [0.3, 0.4) is 0 Å². The summed E-state index contributed by atoms with van der Waals surface area (Å²) >= 11 is 0. The summed E-state index contributed by atoms with van der Waals surface area (Å²) in [5.41, 5.74) is 1.26. The van der Waals surface area contributed by atoms with E-state index < -0.39 is 0 Å². The molecule has 1 saturated heterocycles. The molecule has 3 rings (SSSR count). The summed E-state index contributed by atoms with van der Waals surface area (Å²) in [6, 6.07) is 4.33. The molecule has 6 heteroatoms. The number of carbonyl (C=O) groups is 1. The zero-order chi connectivity index (χ0) is 18.4. The zero-order valence-electron chi connectivity index (χ0n) is 15.5. The average Bonchev–Trinajstić information content (AvgIpc) is 3.23. The highest BCUT2D eigenvalue weighted by atomic mass is 16.5. The highest BCUT2D eigenvalue weighted by Crippen LogP contribution is 2.29. The molecule has 1 amide bonds. The number of nitriles is 1. The lowest BCUT2D eigenvalue weighted by molar-refractivity contribution is -0.138.